The summed E-state index contributed by atoms with van der Waals surface area (Å²) in [7, 11) is 0. The van der Waals surface area contributed by atoms with Crippen molar-refractivity contribution in [1.29, 1.82) is 0 Å². The molecule has 0 amide bonds. The maximum Gasteiger partial charge on any atom is 0.339 e. The van der Waals surface area contributed by atoms with Gasteiger partial charge in [-0.1, -0.05) is 30.0 Å². The average Bonchev–Trinajstić information content (AvgIpc) is 2.52. The number of benzene rings is 1. The Morgan fingerprint density at radius 1 is 1.23 bits per heavy atom. The fourth-order valence-corrected chi connectivity index (χ4v) is 1.69. The van der Waals surface area contributed by atoms with Gasteiger partial charge in [0.15, 0.2) is 6.61 Å². The molecule has 2 aromatic rings. The number of hydrogen-bond acceptors (Lipinski definition) is 4. The van der Waals surface area contributed by atoms with E-state index in [-0.39, 0.29) is 13.2 Å². The smallest absolute Gasteiger partial charge is 0.339 e. The van der Waals surface area contributed by atoms with Crippen molar-refractivity contribution in [2.45, 2.75) is 13.5 Å². The molecule has 0 atom stereocenters. The molecule has 0 saturated heterocycles. The summed E-state index contributed by atoms with van der Waals surface area (Å²) < 4.78 is 6.26. The van der Waals surface area contributed by atoms with Crippen molar-refractivity contribution >= 4 is 5.97 Å². The number of esters is 1. The first kappa shape index (κ1) is 15.3. The minimum absolute atomic E-state index is 0.0647. The fraction of sp³-hybridized carbons (Fsp3) is 0.188. The zero-order valence-corrected chi connectivity index (χ0v) is 12.0. The Morgan fingerprint density at radius 2 is 1.95 bits per heavy atom. The molecule has 0 fully saturated rings. The highest BCUT2D eigenvalue weighted by Crippen LogP contribution is 2.00. The summed E-state index contributed by atoms with van der Waals surface area (Å²) in [5.41, 5.74) is -0.0501. The van der Waals surface area contributed by atoms with E-state index < -0.39 is 17.2 Å². The Bertz CT molecular complexity index is 838. The van der Waals surface area contributed by atoms with Crippen LogP contribution in [0.3, 0.4) is 0 Å². The van der Waals surface area contributed by atoms with Crippen molar-refractivity contribution in [3.8, 4) is 11.8 Å². The molecule has 1 aromatic carbocycles. The van der Waals surface area contributed by atoms with Crippen LogP contribution in [0.1, 0.15) is 15.9 Å². The van der Waals surface area contributed by atoms with Gasteiger partial charge < -0.3 is 4.74 Å². The zero-order chi connectivity index (χ0) is 15.9. The highest BCUT2D eigenvalue weighted by Gasteiger charge is 2.03. The number of hydrogen-bond donors (Lipinski definition) is 1. The van der Waals surface area contributed by atoms with E-state index in [1.807, 2.05) is 0 Å². The van der Waals surface area contributed by atoms with Crippen LogP contribution in [-0.4, -0.2) is 22.1 Å². The minimum Gasteiger partial charge on any atom is -0.449 e. The van der Waals surface area contributed by atoms with Gasteiger partial charge in [0.05, 0.1) is 12.1 Å². The van der Waals surface area contributed by atoms with E-state index in [0.29, 0.717) is 11.1 Å². The molecule has 22 heavy (non-hydrogen) atoms. The van der Waals surface area contributed by atoms with E-state index in [4.69, 9.17) is 4.74 Å². The first-order valence-electron chi connectivity index (χ1n) is 6.56. The minimum atomic E-state index is -0.522. The molecule has 0 bridgehead atoms. The summed E-state index contributed by atoms with van der Waals surface area (Å²) in [5.74, 6) is 4.91. The van der Waals surface area contributed by atoms with E-state index in [1.54, 1.807) is 37.3 Å². The van der Waals surface area contributed by atoms with E-state index >= 15 is 0 Å². The predicted octanol–water partition coefficient (Wildman–Crippen LogP) is 0.705. The van der Waals surface area contributed by atoms with E-state index in [2.05, 4.69) is 16.8 Å². The van der Waals surface area contributed by atoms with Gasteiger partial charge in [-0.25, -0.2) is 9.59 Å². The zero-order valence-electron chi connectivity index (χ0n) is 12.0. The third-order valence-electron chi connectivity index (χ3n) is 2.85. The van der Waals surface area contributed by atoms with Gasteiger partial charge in [0.2, 0.25) is 0 Å². The Hall–Kier alpha value is -3.07. The summed E-state index contributed by atoms with van der Waals surface area (Å²) in [6.45, 7) is 1.65. The molecule has 6 heteroatoms. The van der Waals surface area contributed by atoms with Crippen LogP contribution in [0.4, 0.5) is 0 Å². The van der Waals surface area contributed by atoms with Crippen LogP contribution in [0, 0.1) is 18.8 Å². The van der Waals surface area contributed by atoms with Crippen LogP contribution in [-0.2, 0) is 11.3 Å². The van der Waals surface area contributed by atoms with Crippen molar-refractivity contribution in [2.24, 2.45) is 0 Å². The van der Waals surface area contributed by atoms with Crippen molar-refractivity contribution in [3.05, 3.63) is 68.5 Å². The van der Waals surface area contributed by atoms with Gasteiger partial charge >= 0.3 is 11.7 Å². The summed E-state index contributed by atoms with van der Waals surface area (Å²) in [6.07, 6.45) is 1.44. The maximum absolute atomic E-state index is 11.6. The maximum atomic E-state index is 11.6. The number of carbonyl (C=O) groups excluding carboxylic acids is 1. The lowest BCUT2D eigenvalue weighted by Crippen LogP contribution is -2.30. The second-order valence-electron chi connectivity index (χ2n) is 4.50. The first-order valence-corrected chi connectivity index (χ1v) is 6.56. The van der Waals surface area contributed by atoms with E-state index in [1.165, 1.54) is 10.8 Å². The number of nitrogens with one attached hydrogen (secondary N) is 1. The third-order valence-corrected chi connectivity index (χ3v) is 2.85. The Morgan fingerprint density at radius 3 is 2.68 bits per heavy atom. The van der Waals surface area contributed by atoms with E-state index in [9.17, 15) is 14.4 Å². The lowest BCUT2D eigenvalue weighted by atomic mass is 10.2. The SMILES string of the molecule is Cc1cn(CC#CCOC(=O)c2ccccc2)c(=O)[nH]c1=O. The molecule has 0 aliphatic heterocycles. The fourth-order valence-electron chi connectivity index (χ4n) is 1.69. The molecule has 0 radical (unpaired) electrons. The molecule has 6 nitrogen and oxygen atoms in total. The number of ether oxygens (including phenoxy) is 1. The largest absolute Gasteiger partial charge is 0.449 e. The van der Waals surface area contributed by atoms with Gasteiger partial charge in [-0.2, -0.15) is 0 Å². The number of aromatic nitrogens is 2. The van der Waals surface area contributed by atoms with Crippen LogP contribution in [0.15, 0.2) is 46.1 Å². The van der Waals surface area contributed by atoms with Crippen molar-refractivity contribution < 1.29 is 9.53 Å². The second kappa shape index (κ2) is 7.09. The average molecular weight is 298 g/mol. The Balaban J connectivity index is 1.90. The quantitative estimate of drug-likeness (QED) is 0.668. The van der Waals surface area contributed by atoms with Crippen LogP contribution < -0.4 is 11.2 Å². The van der Waals surface area contributed by atoms with Crippen LogP contribution in [0.5, 0.6) is 0 Å². The van der Waals surface area contributed by atoms with Gasteiger partial charge in [-0.3, -0.25) is 14.3 Å². The van der Waals surface area contributed by atoms with Gasteiger partial charge in [-0.15, -0.1) is 0 Å². The molecule has 0 aliphatic rings. The van der Waals surface area contributed by atoms with Gasteiger partial charge in [0.1, 0.15) is 0 Å². The molecule has 112 valence electrons. The van der Waals surface area contributed by atoms with Gasteiger partial charge in [0, 0.05) is 11.8 Å². The molecule has 0 unspecified atom stereocenters. The van der Waals surface area contributed by atoms with Gasteiger partial charge in [-0.05, 0) is 19.1 Å². The molecule has 1 N–H and O–H groups in total. The lowest BCUT2D eigenvalue weighted by Gasteiger charge is -2.01. The van der Waals surface area contributed by atoms with Crippen LogP contribution in [0.25, 0.3) is 0 Å². The first-order chi connectivity index (χ1) is 10.6. The molecular weight excluding hydrogens is 284 g/mol. The van der Waals surface area contributed by atoms with Crippen molar-refractivity contribution in [3.63, 3.8) is 0 Å². The standard InChI is InChI=1S/C16H14N2O4/c1-12-11-18(16(21)17-14(12)19)9-5-6-10-22-15(20)13-7-3-2-4-8-13/h2-4,7-8,11H,9-10H2,1H3,(H,17,19,21). The number of aryl methyl sites for hydroxylation is 1. The summed E-state index contributed by atoms with van der Waals surface area (Å²) in [6, 6.07) is 8.59. The van der Waals surface area contributed by atoms with Crippen LogP contribution in [0.2, 0.25) is 0 Å². The second-order valence-corrected chi connectivity index (χ2v) is 4.50. The lowest BCUT2D eigenvalue weighted by molar-refractivity contribution is 0.0556. The molecular formula is C16H14N2O4. The normalized spacial score (nSPS) is 9.68. The predicted molar refractivity (Wildman–Crippen MR) is 80.6 cm³/mol. The molecule has 2 rings (SSSR count). The van der Waals surface area contributed by atoms with Gasteiger partial charge in [0.25, 0.3) is 5.56 Å². The Kier molecular flexibility index (Phi) is 4.94. The molecule has 0 saturated carbocycles. The van der Waals surface area contributed by atoms with Crippen molar-refractivity contribution in [1.82, 2.24) is 9.55 Å². The molecule has 0 aliphatic carbocycles. The van der Waals surface area contributed by atoms with E-state index in [0.717, 1.165) is 0 Å². The number of aromatic amines is 1. The Labute approximate surface area is 126 Å². The number of H-pyrrole nitrogens is 1. The molecule has 1 aromatic heterocycles. The molecule has 1 heterocycles. The topological polar surface area (TPSA) is 81.2 Å². The van der Waals surface area contributed by atoms with Crippen LogP contribution >= 0.6 is 0 Å². The highest BCUT2D eigenvalue weighted by atomic mass is 16.5. The number of carbonyl (C=O) groups is 1. The summed E-state index contributed by atoms with van der Waals surface area (Å²) >= 11 is 0. The summed E-state index contributed by atoms with van der Waals surface area (Å²) in [5, 5.41) is 0. The third kappa shape index (κ3) is 3.96. The highest BCUT2D eigenvalue weighted by molar-refractivity contribution is 5.89. The molecule has 0 spiro atoms. The monoisotopic (exact) mass is 298 g/mol. The number of nitrogens with zero attached hydrogens (tertiary/aromatic N) is 1. The van der Waals surface area contributed by atoms with Crippen molar-refractivity contribution in [2.75, 3.05) is 6.61 Å². The summed E-state index contributed by atoms with van der Waals surface area (Å²) in [4.78, 5) is 36.5. The number of rotatable bonds is 3.